The molecule has 0 aliphatic carbocycles. The summed E-state index contributed by atoms with van der Waals surface area (Å²) in [7, 11) is -2.27. The zero-order chi connectivity index (χ0) is 24.5. The van der Waals surface area contributed by atoms with Gasteiger partial charge < -0.3 is 15.0 Å². The summed E-state index contributed by atoms with van der Waals surface area (Å²) in [5, 5.41) is 12.9. The fourth-order valence-corrected chi connectivity index (χ4v) is 6.90. The molecule has 2 aliphatic heterocycles. The molecule has 1 aromatic carbocycles. The van der Waals surface area contributed by atoms with Crippen LogP contribution in [0.1, 0.15) is 46.1 Å². The van der Waals surface area contributed by atoms with Crippen LogP contribution in [0.3, 0.4) is 0 Å². The van der Waals surface area contributed by atoms with E-state index in [1.165, 1.54) is 47.0 Å². The van der Waals surface area contributed by atoms with Crippen molar-refractivity contribution in [3.63, 3.8) is 0 Å². The summed E-state index contributed by atoms with van der Waals surface area (Å²) < 4.78 is 32.1. The summed E-state index contributed by atoms with van der Waals surface area (Å²) in [6.07, 6.45) is 1.74. The summed E-state index contributed by atoms with van der Waals surface area (Å²) >= 11 is 1.26. The van der Waals surface area contributed by atoms with Crippen molar-refractivity contribution in [1.82, 2.24) is 9.21 Å². The highest BCUT2D eigenvalue weighted by Crippen LogP contribution is 2.37. The smallest absolute Gasteiger partial charge is 0.409 e. The molecule has 1 saturated heterocycles. The molecule has 1 fully saturated rings. The van der Waals surface area contributed by atoms with E-state index in [2.05, 4.69) is 18.3 Å². The number of benzene rings is 1. The number of nitriles is 1. The summed E-state index contributed by atoms with van der Waals surface area (Å²) in [5.41, 5.74) is 1.52. The van der Waals surface area contributed by atoms with E-state index in [1.54, 1.807) is 4.90 Å². The number of carbonyl (C=O) groups is 2. The van der Waals surface area contributed by atoms with Crippen LogP contribution in [0.4, 0.5) is 9.80 Å². The van der Waals surface area contributed by atoms with E-state index in [0.717, 1.165) is 23.3 Å². The number of amides is 2. The largest absolute Gasteiger partial charge is 0.453 e. The van der Waals surface area contributed by atoms with Crippen LogP contribution in [0.15, 0.2) is 29.2 Å². The van der Waals surface area contributed by atoms with Gasteiger partial charge in [-0.05, 0) is 55.0 Å². The molecular formula is C23H26N4O5S2. The number of hydrogen-bond acceptors (Lipinski definition) is 7. The molecule has 2 aromatic rings. The number of sulfonamides is 1. The van der Waals surface area contributed by atoms with Crippen LogP contribution >= 0.6 is 11.3 Å². The minimum Gasteiger partial charge on any atom is -0.453 e. The van der Waals surface area contributed by atoms with E-state index in [4.69, 9.17) is 4.74 Å². The van der Waals surface area contributed by atoms with Crippen LogP contribution in [-0.2, 0) is 27.7 Å². The molecule has 4 rings (SSSR count). The number of thiophene rings is 1. The summed E-state index contributed by atoms with van der Waals surface area (Å²) in [6, 6.07) is 8.01. The lowest BCUT2D eigenvalue weighted by molar-refractivity contribution is 0.102. The average molecular weight is 503 g/mol. The van der Waals surface area contributed by atoms with Gasteiger partial charge in [-0.15, -0.1) is 11.3 Å². The molecule has 34 heavy (non-hydrogen) atoms. The Balaban J connectivity index is 1.49. The number of nitrogens with zero attached hydrogens (tertiary/aromatic N) is 3. The van der Waals surface area contributed by atoms with Gasteiger partial charge in [-0.1, -0.05) is 6.92 Å². The molecule has 2 amide bonds. The standard InChI is InChI=1S/C23H26N4O5S2/c1-15-7-11-27(12-8-15)34(30,31)17-5-3-16(4-6-17)21(28)25-22-19(13-24)18-9-10-26(23(29)32-2)14-20(18)33-22/h3-6,15H,7-12,14H2,1-2H3,(H,25,28). The van der Waals surface area contributed by atoms with Gasteiger partial charge in [0.1, 0.15) is 11.1 Å². The van der Waals surface area contributed by atoms with Crippen LogP contribution in [0.5, 0.6) is 0 Å². The minimum atomic E-state index is -3.60. The fraction of sp³-hybridized carbons (Fsp3) is 0.435. The Hall–Kier alpha value is -2.94. The van der Waals surface area contributed by atoms with Crippen molar-refractivity contribution >= 4 is 38.4 Å². The third-order valence-electron chi connectivity index (χ3n) is 6.33. The lowest BCUT2D eigenvalue weighted by Crippen LogP contribution is -2.37. The van der Waals surface area contributed by atoms with Crippen LogP contribution in [0.25, 0.3) is 0 Å². The van der Waals surface area contributed by atoms with Crippen molar-refractivity contribution in [2.24, 2.45) is 5.92 Å². The van der Waals surface area contributed by atoms with Crippen LogP contribution < -0.4 is 5.32 Å². The van der Waals surface area contributed by atoms with Crippen molar-refractivity contribution in [2.75, 3.05) is 32.1 Å². The molecule has 0 saturated carbocycles. The predicted octanol–water partition coefficient (Wildman–Crippen LogP) is 3.42. The average Bonchev–Trinajstić information content (AvgIpc) is 3.19. The molecule has 1 aromatic heterocycles. The van der Waals surface area contributed by atoms with E-state index < -0.39 is 22.0 Å². The number of ether oxygens (including phenoxy) is 1. The Morgan fingerprint density at radius 1 is 1.18 bits per heavy atom. The van der Waals surface area contributed by atoms with Gasteiger partial charge in [0.2, 0.25) is 10.0 Å². The lowest BCUT2D eigenvalue weighted by atomic mass is 10.0. The highest BCUT2D eigenvalue weighted by atomic mass is 32.2. The number of piperidine rings is 1. The van der Waals surface area contributed by atoms with Gasteiger partial charge in [-0.25, -0.2) is 13.2 Å². The topological polar surface area (TPSA) is 120 Å². The molecule has 0 bridgehead atoms. The number of carbonyl (C=O) groups excluding carboxylic acids is 2. The van der Waals surface area contributed by atoms with E-state index in [0.29, 0.717) is 49.1 Å². The molecular weight excluding hydrogens is 476 g/mol. The molecule has 0 atom stereocenters. The van der Waals surface area contributed by atoms with E-state index in [1.807, 2.05) is 0 Å². The second-order valence-electron chi connectivity index (χ2n) is 8.53. The van der Waals surface area contributed by atoms with Gasteiger partial charge in [-0.3, -0.25) is 4.79 Å². The molecule has 180 valence electrons. The Morgan fingerprint density at radius 3 is 2.47 bits per heavy atom. The Bertz CT molecular complexity index is 1240. The zero-order valence-electron chi connectivity index (χ0n) is 19.0. The summed E-state index contributed by atoms with van der Waals surface area (Å²) in [5.74, 6) is 0.0814. The SMILES string of the molecule is COC(=O)N1CCc2c(sc(NC(=O)c3ccc(S(=O)(=O)N4CCC(C)CC4)cc3)c2C#N)C1. The van der Waals surface area contributed by atoms with Gasteiger partial charge in [0.25, 0.3) is 5.91 Å². The number of rotatable bonds is 4. The Kier molecular flexibility index (Phi) is 6.93. The van der Waals surface area contributed by atoms with Crippen molar-refractivity contribution in [3.8, 4) is 6.07 Å². The molecule has 1 N–H and O–H groups in total. The normalized spacial score (nSPS) is 17.0. The summed E-state index contributed by atoms with van der Waals surface area (Å²) in [4.78, 5) is 27.2. The van der Waals surface area contributed by atoms with Crippen molar-refractivity contribution < 1.29 is 22.7 Å². The lowest BCUT2D eigenvalue weighted by Gasteiger charge is -2.29. The van der Waals surface area contributed by atoms with Crippen LogP contribution in [0, 0.1) is 17.2 Å². The third-order valence-corrected chi connectivity index (χ3v) is 9.37. The fourth-order valence-electron chi connectivity index (χ4n) is 4.22. The second kappa shape index (κ2) is 9.74. The van der Waals surface area contributed by atoms with Gasteiger partial charge >= 0.3 is 6.09 Å². The van der Waals surface area contributed by atoms with Crippen molar-refractivity contribution in [1.29, 1.82) is 5.26 Å². The number of methoxy groups -OCH3 is 1. The zero-order valence-corrected chi connectivity index (χ0v) is 20.7. The van der Waals surface area contributed by atoms with Crippen LogP contribution in [0.2, 0.25) is 0 Å². The van der Waals surface area contributed by atoms with E-state index >= 15 is 0 Å². The molecule has 2 aliphatic rings. The Morgan fingerprint density at radius 2 is 1.85 bits per heavy atom. The van der Waals surface area contributed by atoms with Gasteiger partial charge in [0, 0.05) is 30.1 Å². The molecule has 0 radical (unpaired) electrons. The first-order valence-corrected chi connectivity index (χ1v) is 13.3. The first-order chi connectivity index (χ1) is 16.2. The quantitative estimate of drug-likeness (QED) is 0.684. The van der Waals surface area contributed by atoms with E-state index in [9.17, 15) is 23.3 Å². The highest BCUT2D eigenvalue weighted by Gasteiger charge is 2.29. The van der Waals surface area contributed by atoms with Gasteiger partial charge in [0.15, 0.2) is 0 Å². The molecule has 3 heterocycles. The van der Waals surface area contributed by atoms with Crippen molar-refractivity contribution in [2.45, 2.75) is 37.6 Å². The maximum absolute atomic E-state index is 12.9. The van der Waals surface area contributed by atoms with Crippen LogP contribution in [-0.4, -0.2) is 56.4 Å². The first-order valence-electron chi connectivity index (χ1n) is 11.0. The first kappa shape index (κ1) is 24.2. The third kappa shape index (κ3) is 4.66. The summed E-state index contributed by atoms with van der Waals surface area (Å²) in [6.45, 7) is 3.87. The maximum Gasteiger partial charge on any atom is 0.409 e. The minimum absolute atomic E-state index is 0.158. The predicted molar refractivity (Wildman–Crippen MR) is 127 cm³/mol. The molecule has 0 spiro atoms. The molecule has 9 nitrogen and oxygen atoms in total. The monoisotopic (exact) mass is 502 g/mol. The Labute approximate surface area is 203 Å². The second-order valence-corrected chi connectivity index (χ2v) is 11.6. The van der Waals surface area contributed by atoms with Gasteiger partial charge in [-0.2, -0.15) is 9.57 Å². The van der Waals surface area contributed by atoms with Gasteiger partial charge in [0.05, 0.1) is 24.1 Å². The molecule has 11 heteroatoms. The maximum atomic E-state index is 12.9. The van der Waals surface area contributed by atoms with E-state index in [-0.39, 0.29) is 10.5 Å². The number of nitrogens with one attached hydrogen (secondary N) is 1. The molecule has 0 unspecified atom stereocenters. The van der Waals surface area contributed by atoms with Crippen molar-refractivity contribution in [3.05, 3.63) is 45.8 Å². The number of hydrogen-bond donors (Lipinski definition) is 1. The highest BCUT2D eigenvalue weighted by molar-refractivity contribution is 7.89. The number of fused-ring (bicyclic) bond motifs is 1. The number of anilines is 1.